The van der Waals surface area contributed by atoms with Gasteiger partial charge in [-0.3, -0.25) is 0 Å². The van der Waals surface area contributed by atoms with Crippen molar-refractivity contribution < 1.29 is 14.3 Å². The maximum absolute atomic E-state index is 10.1. The number of carbonyl (C=O) groups is 1. The third-order valence-electron chi connectivity index (χ3n) is 3.04. The van der Waals surface area contributed by atoms with Crippen molar-refractivity contribution in [3.8, 4) is 0 Å². The Hall–Kier alpha value is -0.410. The molecule has 0 amide bonds. The lowest BCUT2D eigenvalue weighted by Gasteiger charge is -2.12. The van der Waals surface area contributed by atoms with Crippen molar-refractivity contribution in [2.24, 2.45) is 0 Å². The fraction of sp³-hybridized carbons (Fsp3) is 0.929. The first kappa shape index (κ1) is 16.6. The zero-order valence-corrected chi connectivity index (χ0v) is 11.5. The van der Waals surface area contributed by atoms with Crippen LogP contribution in [-0.4, -0.2) is 26.8 Å². The maximum atomic E-state index is 10.1. The lowest BCUT2D eigenvalue weighted by atomic mass is 10.1. The average Bonchev–Trinajstić information content (AvgIpc) is 2.36. The Morgan fingerprint density at radius 3 is 1.76 bits per heavy atom. The normalized spacial score (nSPS) is 11.0. The van der Waals surface area contributed by atoms with E-state index < -0.39 is 0 Å². The van der Waals surface area contributed by atoms with E-state index >= 15 is 0 Å². The molecule has 0 heterocycles. The van der Waals surface area contributed by atoms with E-state index in [2.05, 4.69) is 0 Å². The van der Waals surface area contributed by atoms with Crippen molar-refractivity contribution in [1.29, 1.82) is 0 Å². The molecule has 17 heavy (non-hydrogen) atoms. The highest BCUT2D eigenvalue weighted by molar-refractivity contribution is 5.48. The van der Waals surface area contributed by atoms with Crippen LogP contribution in [0.3, 0.4) is 0 Å². The molecule has 0 atom stereocenters. The van der Waals surface area contributed by atoms with Gasteiger partial charge in [-0.25, -0.2) is 0 Å². The second-order valence-electron chi connectivity index (χ2n) is 4.47. The largest absolute Gasteiger partial charge is 0.356 e. The molecule has 3 nitrogen and oxygen atoms in total. The van der Waals surface area contributed by atoms with Crippen LogP contribution in [0.5, 0.6) is 0 Å². The Morgan fingerprint density at radius 1 is 0.824 bits per heavy atom. The molecule has 0 aliphatic heterocycles. The first-order valence-electron chi connectivity index (χ1n) is 6.84. The van der Waals surface area contributed by atoms with Gasteiger partial charge in [0.15, 0.2) is 6.29 Å². The van der Waals surface area contributed by atoms with Crippen molar-refractivity contribution in [1.82, 2.24) is 0 Å². The van der Waals surface area contributed by atoms with Crippen molar-refractivity contribution in [3.05, 3.63) is 0 Å². The topological polar surface area (TPSA) is 35.5 Å². The molecule has 0 aliphatic rings. The van der Waals surface area contributed by atoms with Crippen molar-refractivity contribution in [2.45, 2.75) is 70.5 Å². The molecule has 0 fully saturated rings. The molecule has 102 valence electrons. The summed E-state index contributed by atoms with van der Waals surface area (Å²) in [6.07, 6.45) is 12.6. The molecule has 0 aromatic carbocycles. The number of hydrogen-bond acceptors (Lipinski definition) is 3. The maximum Gasteiger partial charge on any atom is 0.156 e. The molecule has 0 radical (unpaired) electrons. The summed E-state index contributed by atoms with van der Waals surface area (Å²) in [5, 5.41) is 0. The second-order valence-corrected chi connectivity index (χ2v) is 4.47. The van der Waals surface area contributed by atoms with E-state index in [9.17, 15) is 4.79 Å². The van der Waals surface area contributed by atoms with E-state index in [0.29, 0.717) is 0 Å². The molecule has 0 spiro atoms. The Morgan fingerprint density at radius 2 is 1.29 bits per heavy atom. The molecule has 0 saturated carbocycles. The Labute approximate surface area is 106 Å². The van der Waals surface area contributed by atoms with E-state index in [1.54, 1.807) is 14.2 Å². The number of carbonyl (C=O) groups excluding carboxylic acids is 1. The lowest BCUT2D eigenvalue weighted by molar-refractivity contribution is -0.108. The van der Waals surface area contributed by atoms with Crippen LogP contribution in [0.2, 0.25) is 0 Å². The first-order chi connectivity index (χ1) is 8.35. The third-order valence-corrected chi connectivity index (χ3v) is 3.04. The molecular formula is C14H28O3. The summed E-state index contributed by atoms with van der Waals surface area (Å²) in [6.45, 7) is 0. The molecular weight excluding hydrogens is 216 g/mol. The minimum atomic E-state index is -0.0293. The molecule has 0 N–H and O–H groups in total. The highest BCUT2D eigenvalue weighted by Gasteiger charge is 2.03. The van der Waals surface area contributed by atoms with Gasteiger partial charge >= 0.3 is 0 Å². The highest BCUT2D eigenvalue weighted by Crippen LogP contribution is 2.12. The van der Waals surface area contributed by atoms with E-state index in [4.69, 9.17) is 9.47 Å². The predicted molar refractivity (Wildman–Crippen MR) is 70.0 cm³/mol. The Bertz CT molecular complexity index is 156. The van der Waals surface area contributed by atoms with Crippen LogP contribution in [0, 0.1) is 0 Å². The van der Waals surface area contributed by atoms with E-state index in [1.165, 1.54) is 44.9 Å². The Kier molecular flexibility index (Phi) is 13.3. The van der Waals surface area contributed by atoms with Crippen molar-refractivity contribution >= 4 is 6.29 Å². The molecule has 0 unspecified atom stereocenters. The molecule has 0 aliphatic carbocycles. The smallest absolute Gasteiger partial charge is 0.156 e. The first-order valence-corrected chi connectivity index (χ1v) is 6.84. The van der Waals surface area contributed by atoms with Crippen molar-refractivity contribution in [3.63, 3.8) is 0 Å². The molecule has 0 bridgehead atoms. The fourth-order valence-corrected chi connectivity index (χ4v) is 1.93. The minimum absolute atomic E-state index is 0.0293. The van der Waals surface area contributed by atoms with Crippen LogP contribution in [0.1, 0.15) is 64.2 Å². The van der Waals surface area contributed by atoms with Gasteiger partial charge in [-0.2, -0.15) is 0 Å². The van der Waals surface area contributed by atoms with Gasteiger partial charge in [0.1, 0.15) is 6.29 Å². The summed E-state index contributed by atoms with van der Waals surface area (Å²) in [5.74, 6) is 0. The summed E-state index contributed by atoms with van der Waals surface area (Å²) < 4.78 is 10.3. The molecule has 0 aromatic heterocycles. The lowest BCUT2D eigenvalue weighted by Crippen LogP contribution is -2.12. The SMILES string of the molecule is COC(CCCCCCCCCCC=O)OC. The van der Waals surface area contributed by atoms with Gasteiger partial charge in [0, 0.05) is 20.6 Å². The van der Waals surface area contributed by atoms with Gasteiger partial charge < -0.3 is 14.3 Å². The van der Waals surface area contributed by atoms with Gasteiger partial charge in [0.05, 0.1) is 0 Å². The van der Waals surface area contributed by atoms with Crippen LogP contribution in [-0.2, 0) is 14.3 Å². The summed E-state index contributed by atoms with van der Waals surface area (Å²) in [7, 11) is 3.38. The highest BCUT2D eigenvalue weighted by atomic mass is 16.7. The number of aldehydes is 1. The quantitative estimate of drug-likeness (QED) is 0.281. The summed E-state index contributed by atoms with van der Waals surface area (Å²) >= 11 is 0. The van der Waals surface area contributed by atoms with Gasteiger partial charge in [0.2, 0.25) is 0 Å². The standard InChI is InChI=1S/C14H28O3/c1-16-14(17-2)12-10-8-6-4-3-5-7-9-11-13-15/h13-14H,3-12H2,1-2H3. The van der Waals surface area contributed by atoms with Gasteiger partial charge in [-0.05, 0) is 19.3 Å². The summed E-state index contributed by atoms with van der Waals surface area (Å²) in [6, 6.07) is 0. The number of unbranched alkanes of at least 4 members (excludes halogenated alkanes) is 8. The van der Waals surface area contributed by atoms with E-state index in [0.717, 1.165) is 25.5 Å². The second kappa shape index (κ2) is 13.7. The third kappa shape index (κ3) is 11.8. The minimum Gasteiger partial charge on any atom is -0.356 e. The van der Waals surface area contributed by atoms with Crippen LogP contribution in [0.25, 0.3) is 0 Å². The van der Waals surface area contributed by atoms with E-state index in [-0.39, 0.29) is 6.29 Å². The molecule has 0 aromatic rings. The molecule has 3 heteroatoms. The Balaban J connectivity index is 3.05. The summed E-state index contributed by atoms with van der Waals surface area (Å²) in [5.41, 5.74) is 0. The molecule has 0 rings (SSSR count). The van der Waals surface area contributed by atoms with Crippen LogP contribution < -0.4 is 0 Å². The van der Waals surface area contributed by atoms with Crippen LogP contribution >= 0.6 is 0 Å². The molecule has 0 saturated heterocycles. The summed E-state index contributed by atoms with van der Waals surface area (Å²) in [4.78, 5) is 10.1. The van der Waals surface area contributed by atoms with Crippen LogP contribution in [0.15, 0.2) is 0 Å². The average molecular weight is 244 g/mol. The zero-order chi connectivity index (χ0) is 12.8. The number of ether oxygens (including phenoxy) is 2. The zero-order valence-electron chi connectivity index (χ0n) is 11.5. The van der Waals surface area contributed by atoms with Crippen molar-refractivity contribution in [2.75, 3.05) is 14.2 Å². The predicted octanol–water partition coefficient (Wildman–Crippen LogP) is 3.71. The van der Waals surface area contributed by atoms with E-state index in [1.807, 2.05) is 0 Å². The monoisotopic (exact) mass is 244 g/mol. The van der Waals surface area contributed by atoms with Crippen LogP contribution in [0.4, 0.5) is 0 Å². The van der Waals surface area contributed by atoms with Gasteiger partial charge in [-0.1, -0.05) is 38.5 Å². The number of methoxy groups -OCH3 is 2. The van der Waals surface area contributed by atoms with Gasteiger partial charge in [0.25, 0.3) is 0 Å². The van der Waals surface area contributed by atoms with Gasteiger partial charge in [-0.15, -0.1) is 0 Å². The fourth-order valence-electron chi connectivity index (χ4n) is 1.93. The number of rotatable bonds is 13. The number of hydrogen-bond donors (Lipinski definition) is 0.